The number of benzene rings is 2. The number of anilines is 2. The van der Waals surface area contributed by atoms with Crippen LogP contribution in [-0.2, 0) is 15.9 Å². The van der Waals surface area contributed by atoms with Gasteiger partial charge in [0.15, 0.2) is 0 Å². The van der Waals surface area contributed by atoms with Gasteiger partial charge in [0.25, 0.3) is 0 Å². The van der Waals surface area contributed by atoms with E-state index in [9.17, 15) is 0 Å². The Balaban J connectivity index is 1.86. The van der Waals surface area contributed by atoms with Gasteiger partial charge in [-0.25, -0.2) is 4.98 Å². The zero-order valence-electron chi connectivity index (χ0n) is 22.2. The van der Waals surface area contributed by atoms with Crippen molar-refractivity contribution in [1.82, 2.24) is 9.97 Å². The molecular weight excluding hydrogens is 492 g/mol. The van der Waals surface area contributed by atoms with Crippen molar-refractivity contribution < 1.29 is 18.9 Å². The molecule has 39 heavy (non-hydrogen) atoms. The molecule has 8 heteroatoms. The smallest absolute Gasteiger partial charge is 0.221 e. The van der Waals surface area contributed by atoms with Gasteiger partial charge >= 0.3 is 0 Å². The van der Waals surface area contributed by atoms with E-state index in [1.807, 2.05) is 48.5 Å². The molecule has 4 rings (SSSR count). The normalized spacial score (nSPS) is 17.9. The lowest BCUT2D eigenvalue weighted by atomic mass is 9.80. The molecule has 2 atom stereocenters. The predicted octanol–water partition coefficient (Wildman–Crippen LogP) is 3.58. The number of aromatic nitrogens is 2. The van der Waals surface area contributed by atoms with E-state index in [0.717, 1.165) is 5.56 Å². The number of hydrogen-bond acceptors (Lipinski definition) is 8. The van der Waals surface area contributed by atoms with Gasteiger partial charge in [-0.1, -0.05) is 47.9 Å². The summed E-state index contributed by atoms with van der Waals surface area (Å²) in [5.41, 5.74) is 13.4. The number of allylic oxidation sites excluding steroid dienone is 2. The highest BCUT2D eigenvalue weighted by molar-refractivity contribution is 5.56. The van der Waals surface area contributed by atoms with Crippen LogP contribution in [0.15, 0.2) is 72.1 Å². The van der Waals surface area contributed by atoms with Crippen LogP contribution in [0.25, 0.3) is 0 Å². The maximum absolute atomic E-state index is 6.15. The molecule has 1 aromatic heterocycles. The monoisotopic (exact) mass is 521 g/mol. The molecule has 0 amide bonds. The highest BCUT2D eigenvalue weighted by atomic mass is 16.5. The number of nitrogens with zero attached hydrogens (tertiary/aromatic N) is 2. The average Bonchev–Trinajstić information content (AvgIpc) is 2.97. The highest BCUT2D eigenvalue weighted by Gasteiger charge is 2.41. The minimum absolute atomic E-state index is 0.0889. The van der Waals surface area contributed by atoms with Crippen LogP contribution in [0.5, 0.6) is 11.5 Å². The number of nitrogens with two attached hydrogens (primary N) is 2. The molecule has 197 valence electrons. The molecule has 8 nitrogen and oxygen atoms in total. The van der Waals surface area contributed by atoms with Crippen LogP contribution in [0.1, 0.15) is 16.7 Å². The summed E-state index contributed by atoms with van der Waals surface area (Å²) in [6, 6.07) is 15.1. The van der Waals surface area contributed by atoms with Crippen molar-refractivity contribution in [3.63, 3.8) is 0 Å². The molecule has 0 saturated carbocycles. The van der Waals surface area contributed by atoms with Crippen molar-refractivity contribution in [1.29, 1.82) is 0 Å². The van der Waals surface area contributed by atoms with Gasteiger partial charge in [0.2, 0.25) is 5.95 Å². The zero-order valence-corrected chi connectivity index (χ0v) is 22.2. The quantitative estimate of drug-likeness (QED) is 0.473. The van der Waals surface area contributed by atoms with Crippen LogP contribution < -0.4 is 20.9 Å². The molecule has 1 radical (unpaired) electrons. The molecule has 2 aromatic carbocycles. The Morgan fingerprint density at radius 1 is 0.872 bits per heavy atom. The molecule has 2 unspecified atom stereocenters. The van der Waals surface area contributed by atoms with E-state index in [1.165, 1.54) is 0 Å². The molecule has 1 heterocycles. The summed E-state index contributed by atoms with van der Waals surface area (Å²) in [7, 11) is 6.37. The van der Waals surface area contributed by atoms with Crippen LogP contribution in [0.4, 0.5) is 11.8 Å². The van der Waals surface area contributed by atoms with E-state index in [-0.39, 0.29) is 18.2 Å². The molecule has 0 bridgehead atoms. The minimum Gasteiger partial charge on any atom is -0.497 e. The van der Waals surface area contributed by atoms with Gasteiger partial charge in [0, 0.05) is 25.3 Å². The number of ether oxygens (including phenoxy) is 4. The summed E-state index contributed by atoms with van der Waals surface area (Å²) in [4.78, 5) is 8.18. The lowest BCUT2D eigenvalue weighted by Gasteiger charge is -2.35. The van der Waals surface area contributed by atoms with E-state index < -0.39 is 11.5 Å². The lowest BCUT2D eigenvalue weighted by Crippen LogP contribution is -2.39. The maximum Gasteiger partial charge on any atom is 0.221 e. The summed E-state index contributed by atoms with van der Waals surface area (Å²) in [5.74, 6) is 14.6. The Morgan fingerprint density at radius 3 is 2.10 bits per heavy atom. The standard InChI is InChI=1S/C31H29N4O4/c1-36-26-11-7-5-9-22(26)14-13-21-17-18-31(39-4,19-24-20-34-30(33)35-29(24)32)28(38-3)25(21)16-15-23-10-6-8-12-27(23)37-2/h5-12,18,20-21H,19H2,1-4H3,(H4,32,33,34,35). The summed E-state index contributed by atoms with van der Waals surface area (Å²) >= 11 is 0. The molecule has 1 aliphatic carbocycles. The summed E-state index contributed by atoms with van der Waals surface area (Å²) in [6.45, 7) is 0. The van der Waals surface area contributed by atoms with Crippen LogP contribution in [0.3, 0.4) is 0 Å². The van der Waals surface area contributed by atoms with Crippen LogP contribution in [0.2, 0.25) is 0 Å². The van der Waals surface area contributed by atoms with E-state index in [2.05, 4.69) is 39.7 Å². The topological polar surface area (TPSA) is 115 Å². The molecule has 1 aliphatic rings. The number of para-hydroxylation sites is 2. The third-order valence-corrected chi connectivity index (χ3v) is 6.24. The number of methoxy groups -OCH3 is 4. The van der Waals surface area contributed by atoms with Gasteiger partial charge in [0.1, 0.15) is 28.7 Å². The van der Waals surface area contributed by atoms with Gasteiger partial charge in [0.05, 0.1) is 43.9 Å². The maximum atomic E-state index is 6.15. The van der Waals surface area contributed by atoms with E-state index in [0.29, 0.717) is 34.0 Å². The van der Waals surface area contributed by atoms with Crippen molar-refractivity contribution in [3.05, 3.63) is 94.9 Å². The fourth-order valence-electron chi connectivity index (χ4n) is 4.24. The first-order valence-electron chi connectivity index (χ1n) is 12.0. The molecule has 0 fully saturated rings. The molecule has 0 saturated heterocycles. The summed E-state index contributed by atoms with van der Waals surface area (Å²) < 4.78 is 23.0. The van der Waals surface area contributed by atoms with Crippen LogP contribution in [0, 0.1) is 35.7 Å². The largest absolute Gasteiger partial charge is 0.497 e. The number of nitrogen functional groups attached to an aromatic ring is 2. The fraction of sp³-hybridized carbons (Fsp3) is 0.226. The third-order valence-electron chi connectivity index (χ3n) is 6.24. The van der Waals surface area contributed by atoms with Crippen LogP contribution in [-0.4, -0.2) is 44.0 Å². The second kappa shape index (κ2) is 12.1. The number of rotatable bonds is 6. The molecule has 4 N–H and O–H groups in total. The van der Waals surface area contributed by atoms with Gasteiger partial charge in [-0.15, -0.1) is 0 Å². The van der Waals surface area contributed by atoms with Crippen LogP contribution >= 0.6 is 0 Å². The Hall–Kier alpha value is -4.92. The van der Waals surface area contributed by atoms with Crippen molar-refractivity contribution in [2.24, 2.45) is 5.92 Å². The first-order valence-corrected chi connectivity index (χ1v) is 12.0. The second-order valence-corrected chi connectivity index (χ2v) is 8.52. The van der Waals surface area contributed by atoms with Gasteiger partial charge in [-0.2, -0.15) is 4.98 Å². The Kier molecular flexibility index (Phi) is 8.40. The minimum atomic E-state index is -1.09. The van der Waals surface area contributed by atoms with Gasteiger partial charge in [-0.05, 0) is 36.4 Å². The highest BCUT2D eigenvalue weighted by Crippen LogP contribution is 2.38. The lowest BCUT2D eigenvalue weighted by molar-refractivity contribution is 0.0140. The third kappa shape index (κ3) is 5.82. The van der Waals surface area contributed by atoms with Crippen molar-refractivity contribution in [2.75, 3.05) is 39.9 Å². The van der Waals surface area contributed by atoms with Gasteiger partial charge in [-0.3, -0.25) is 0 Å². The molecule has 3 aromatic rings. The van der Waals surface area contributed by atoms with E-state index in [4.69, 9.17) is 30.4 Å². The van der Waals surface area contributed by atoms with Gasteiger partial charge < -0.3 is 30.4 Å². The molecule has 0 aliphatic heterocycles. The fourth-order valence-corrected chi connectivity index (χ4v) is 4.24. The number of hydrogen-bond donors (Lipinski definition) is 2. The molecular formula is C31H29N4O4. The Bertz CT molecular complexity index is 1540. The van der Waals surface area contributed by atoms with E-state index >= 15 is 0 Å². The van der Waals surface area contributed by atoms with Crippen molar-refractivity contribution >= 4 is 11.8 Å². The zero-order chi connectivity index (χ0) is 27.8. The van der Waals surface area contributed by atoms with E-state index in [1.54, 1.807) is 40.7 Å². The first kappa shape index (κ1) is 27.1. The average molecular weight is 522 g/mol. The summed E-state index contributed by atoms with van der Waals surface area (Å²) in [5, 5.41) is 0. The molecule has 0 spiro atoms. The van der Waals surface area contributed by atoms with Crippen molar-refractivity contribution in [3.8, 4) is 35.2 Å². The Labute approximate surface area is 228 Å². The van der Waals surface area contributed by atoms with Crippen molar-refractivity contribution in [2.45, 2.75) is 12.0 Å². The second-order valence-electron chi connectivity index (χ2n) is 8.52. The predicted molar refractivity (Wildman–Crippen MR) is 149 cm³/mol. The summed E-state index contributed by atoms with van der Waals surface area (Å²) in [6.07, 6.45) is 6.98. The SMILES string of the molecule is COC1=C(C#Cc2ccccc2OC)C(C#Cc2ccccc2OC)[C]=CC1(Cc1cnc(N)nc1N)OC. The first-order chi connectivity index (χ1) is 18.9. The Morgan fingerprint density at radius 2 is 1.51 bits per heavy atom.